The smallest absolute Gasteiger partial charge is 0.326 e. The number of nitrogens with zero attached hydrogens (tertiary/aromatic N) is 2. The van der Waals surface area contributed by atoms with Crippen molar-refractivity contribution in [1.82, 2.24) is 20.4 Å². The molecule has 1 aromatic heterocycles. The average molecular weight is 266 g/mol. The summed E-state index contributed by atoms with van der Waals surface area (Å²) in [6.07, 6.45) is 6.05. The van der Waals surface area contributed by atoms with Gasteiger partial charge in [0.1, 0.15) is 6.04 Å². The lowest BCUT2D eigenvalue weighted by molar-refractivity contribution is -0.139. The highest BCUT2D eigenvalue weighted by Gasteiger charge is 2.37. The second-order valence-corrected chi connectivity index (χ2v) is 4.68. The summed E-state index contributed by atoms with van der Waals surface area (Å²) in [5.41, 5.74) is 0. The number of hydrogen-bond acceptors (Lipinski definition) is 3. The Labute approximate surface area is 111 Å². The summed E-state index contributed by atoms with van der Waals surface area (Å²) in [5.74, 6) is -0.874. The van der Waals surface area contributed by atoms with Gasteiger partial charge in [-0.15, -0.1) is 0 Å². The van der Waals surface area contributed by atoms with Gasteiger partial charge in [-0.05, 0) is 31.2 Å². The Morgan fingerprint density at radius 2 is 2.26 bits per heavy atom. The molecule has 104 valence electrons. The van der Waals surface area contributed by atoms with Crippen LogP contribution in [0.1, 0.15) is 19.3 Å². The lowest BCUT2D eigenvalue weighted by Gasteiger charge is -2.14. The number of rotatable bonds is 7. The zero-order valence-electron chi connectivity index (χ0n) is 10.6. The van der Waals surface area contributed by atoms with Crippen LogP contribution in [-0.4, -0.2) is 39.5 Å². The number of aromatic nitrogens is 2. The third kappa shape index (κ3) is 4.27. The first-order chi connectivity index (χ1) is 9.16. The SMILES string of the molecule is O=C(NCCCn1cccn1)NC(C(=O)O)C1CC1. The summed E-state index contributed by atoms with van der Waals surface area (Å²) in [6.45, 7) is 1.21. The quantitative estimate of drug-likeness (QED) is 0.624. The molecular formula is C12H18N4O3. The van der Waals surface area contributed by atoms with Gasteiger partial charge in [-0.3, -0.25) is 4.68 Å². The summed E-state index contributed by atoms with van der Waals surface area (Å²) < 4.78 is 1.78. The molecule has 0 aliphatic heterocycles. The minimum atomic E-state index is -0.964. The molecule has 1 aliphatic carbocycles. The maximum absolute atomic E-state index is 11.5. The van der Waals surface area contributed by atoms with Crippen molar-refractivity contribution < 1.29 is 14.7 Å². The lowest BCUT2D eigenvalue weighted by atomic mass is 10.2. The highest BCUT2D eigenvalue weighted by atomic mass is 16.4. The standard InChI is InChI=1S/C12H18N4O3/c17-11(18)10(9-3-4-9)15-12(19)13-5-1-7-16-8-2-6-14-16/h2,6,8-10H,1,3-5,7H2,(H,17,18)(H2,13,15,19). The molecule has 1 fully saturated rings. The van der Waals surface area contributed by atoms with Crippen LogP contribution in [0, 0.1) is 5.92 Å². The van der Waals surface area contributed by atoms with Crippen LogP contribution in [0.5, 0.6) is 0 Å². The Kier molecular flexibility index (Phi) is 4.38. The van der Waals surface area contributed by atoms with Gasteiger partial charge in [-0.25, -0.2) is 9.59 Å². The molecule has 7 nitrogen and oxygen atoms in total. The molecule has 3 N–H and O–H groups in total. The minimum Gasteiger partial charge on any atom is -0.480 e. The number of amides is 2. The molecule has 1 heterocycles. The van der Waals surface area contributed by atoms with Crippen LogP contribution in [0.3, 0.4) is 0 Å². The summed E-state index contributed by atoms with van der Waals surface area (Å²) in [6, 6.07) is 0.665. The van der Waals surface area contributed by atoms with Crippen molar-refractivity contribution in [1.29, 1.82) is 0 Å². The fraction of sp³-hybridized carbons (Fsp3) is 0.583. The Morgan fingerprint density at radius 3 is 2.84 bits per heavy atom. The van der Waals surface area contributed by atoms with Crippen molar-refractivity contribution in [2.45, 2.75) is 31.8 Å². The molecule has 0 saturated heterocycles. The monoisotopic (exact) mass is 266 g/mol. The zero-order valence-corrected chi connectivity index (χ0v) is 10.6. The van der Waals surface area contributed by atoms with Crippen molar-refractivity contribution in [3.63, 3.8) is 0 Å². The maximum atomic E-state index is 11.5. The fourth-order valence-electron chi connectivity index (χ4n) is 1.88. The number of carboxylic acids is 1. The van der Waals surface area contributed by atoms with E-state index >= 15 is 0 Å². The number of carboxylic acid groups (broad SMARTS) is 1. The summed E-state index contributed by atoms with van der Waals surface area (Å²) in [5, 5.41) is 18.2. The van der Waals surface area contributed by atoms with Gasteiger partial charge in [-0.2, -0.15) is 5.10 Å². The molecule has 2 amide bonds. The number of nitrogens with one attached hydrogen (secondary N) is 2. The second-order valence-electron chi connectivity index (χ2n) is 4.68. The van der Waals surface area contributed by atoms with Gasteiger partial charge < -0.3 is 15.7 Å². The van der Waals surface area contributed by atoms with Crippen molar-refractivity contribution in [2.75, 3.05) is 6.54 Å². The molecule has 1 aliphatic rings. The highest BCUT2D eigenvalue weighted by molar-refractivity contribution is 5.83. The van der Waals surface area contributed by atoms with Gasteiger partial charge in [0.05, 0.1) is 0 Å². The molecule has 1 unspecified atom stereocenters. The van der Waals surface area contributed by atoms with Crippen molar-refractivity contribution in [3.05, 3.63) is 18.5 Å². The fourth-order valence-corrected chi connectivity index (χ4v) is 1.88. The highest BCUT2D eigenvalue weighted by Crippen LogP contribution is 2.32. The summed E-state index contributed by atoms with van der Waals surface area (Å²) in [7, 11) is 0. The molecule has 0 bridgehead atoms. The predicted molar refractivity (Wildman–Crippen MR) is 67.5 cm³/mol. The van der Waals surface area contributed by atoms with E-state index in [0.29, 0.717) is 6.54 Å². The summed E-state index contributed by atoms with van der Waals surface area (Å²) in [4.78, 5) is 22.5. The van der Waals surface area contributed by atoms with Crippen LogP contribution < -0.4 is 10.6 Å². The Balaban J connectivity index is 1.62. The molecule has 1 saturated carbocycles. The van der Waals surface area contributed by atoms with E-state index in [0.717, 1.165) is 25.8 Å². The van der Waals surface area contributed by atoms with E-state index in [9.17, 15) is 9.59 Å². The maximum Gasteiger partial charge on any atom is 0.326 e. The Hall–Kier alpha value is -2.05. The molecule has 0 radical (unpaired) electrons. The number of aliphatic carboxylic acids is 1. The number of hydrogen-bond donors (Lipinski definition) is 3. The average Bonchev–Trinajstić information content (AvgIpc) is 3.08. The predicted octanol–water partition coefficient (Wildman–Crippen LogP) is 0.436. The number of carbonyl (C=O) groups excluding carboxylic acids is 1. The Bertz CT molecular complexity index is 428. The lowest BCUT2D eigenvalue weighted by Crippen LogP contribution is -2.47. The Morgan fingerprint density at radius 1 is 1.47 bits per heavy atom. The van der Waals surface area contributed by atoms with E-state index < -0.39 is 18.0 Å². The molecule has 7 heteroatoms. The first-order valence-electron chi connectivity index (χ1n) is 6.41. The van der Waals surface area contributed by atoms with Crippen LogP contribution in [0.25, 0.3) is 0 Å². The second kappa shape index (κ2) is 6.21. The van der Waals surface area contributed by atoms with Crippen LogP contribution in [0.2, 0.25) is 0 Å². The molecule has 0 spiro atoms. The molecular weight excluding hydrogens is 248 g/mol. The first-order valence-corrected chi connectivity index (χ1v) is 6.41. The minimum absolute atomic E-state index is 0.0901. The number of aryl methyl sites for hydroxylation is 1. The van der Waals surface area contributed by atoms with E-state index in [1.165, 1.54) is 0 Å². The van der Waals surface area contributed by atoms with Crippen LogP contribution in [0.15, 0.2) is 18.5 Å². The van der Waals surface area contributed by atoms with Crippen molar-refractivity contribution in [2.24, 2.45) is 5.92 Å². The molecule has 2 rings (SSSR count). The summed E-state index contributed by atoms with van der Waals surface area (Å²) >= 11 is 0. The van der Waals surface area contributed by atoms with Gasteiger partial charge >= 0.3 is 12.0 Å². The number of urea groups is 1. The van der Waals surface area contributed by atoms with E-state index in [1.807, 2.05) is 12.3 Å². The van der Waals surface area contributed by atoms with Crippen LogP contribution >= 0.6 is 0 Å². The topological polar surface area (TPSA) is 96.3 Å². The van der Waals surface area contributed by atoms with Gasteiger partial charge in [0, 0.05) is 25.5 Å². The van der Waals surface area contributed by atoms with Gasteiger partial charge in [-0.1, -0.05) is 0 Å². The largest absolute Gasteiger partial charge is 0.480 e. The zero-order chi connectivity index (χ0) is 13.7. The van der Waals surface area contributed by atoms with E-state index in [2.05, 4.69) is 15.7 Å². The van der Waals surface area contributed by atoms with E-state index in [4.69, 9.17) is 5.11 Å². The van der Waals surface area contributed by atoms with Gasteiger partial charge in [0.2, 0.25) is 0 Å². The third-order valence-electron chi connectivity index (χ3n) is 3.05. The molecule has 1 atom stereocenters. The molecule has 19 heavy (non-hydrogen) atoms. The van der Waals surface area contributed by atoms with Crippen LogP contribution in [0.4, 0.5) is 4.79 Å². The first kappa shape index (κ1) is 13.4. The van der Waals surface area contributed by atoms with Crippen LogP contribution in [-0.2, 0) is 11.3 Å². The molecule has 1 aromatic rings. The molecule has 0 aromatic carbocycles. The van der Waals surface area contributed by atoms with Crippen molar-refractivity contribution >= 4 is 12.0 Å². The van der Waals surface area contributed by atoms with E-state index in [1.54, 1.807) is 10.9 Å². The van der Waals surface area contributed by atoms with E-state index in [-0.39, 0.29) is 5.92 Å². The normalized spacial score (nSPS) is 15.8. The third-order valence-corrected chi connectivity index (χ3v) is 3.05. The van der Waals surface area contributed by atoms with Gasteiger partial charge in [0.25, 0.3) is 0 Å². The van der Waals surface area contributed by atoms with Crippen molar-refractivity contribution in [3.8, 4) is 0 Å². The number of carbonyl (C=O) groups is 2. The van der Waals surface area contributed by atoms with Gasteiger partial charge in [0.15, 0.2) is 0 Å².